The van der Waals surface area contributed by atoms with Crippen LogP contribution in [-0.4, -0.2) is 18.5 Å². The molecule has 0 bridgehead atoms. The van der Waals surface area contributed by atoms with E-state index in [0.717, 1.165) is 24.3 Å². The first-order valence-electron chi connectivity index (χ1n) is 7.08. The number of hydrogen-bond acceptors (Lipinski definition) is 4. The predicted octanol–water partition coefficient (Wildman–Crippen LogP) is 3.62. The van der Waals surface area contributed by atoms with Gasteiger partial charge in [0, 0.05) is 5.56 Å². The maximum Gasteiger partial charge on any atom is 0.416 e. The van der Waals surface area contributed by atoms with Crippen LogP contribution in [0.5, 0.6) is 0 Å². The molecule has 1 aromatic heterocycles. The fraction of sp³-hybridized carbons (Fsp3) is 0.250. The molecule has 0 saturated heterocycles. The Morgan fingerprint density at radius 2 is 1.96 bits per heavy atom. The normalized spacial score (nSPS) is 12.1. The summed E-state index contributed by atoms with van der Waals surface area (Å²) >= 11 is 0. The summed E-state index contributed by atoms with van der Waals surface area (Å²) in [5.41, 5.74) is -0.760. The van der Waals surface area contributed by atoms with Gasteiger partial charge in [-0.25, -0.2) is 4.99 Å². The number of ether oxygens (including phenoxy) is 1. The fourth-order valence-corrected chi connectivity index (χ4v) is 1.79. The summed E-state index contributed by atoms with van der Waals surface area (Å²) in [7, 11) is 0. The zero-order valence-corrected chi connectivity index (χ0v) is 12.8. The van der Waals surface area contributed by atoms with Crippen LogP contribution in [0.4, 0.5) is 13.2 Å². The van der Waals surface area contributed by atoms with Gasteiger partial charge in [0.15, 0.2) is 0 Å². The standard InChI is InChI=1S/C16H15F3N2O3/c1-2-23-15(20-10-13-4-3-9-24-13)21-14(22)11-5-7-12(8-6-11)16(17,18)19/h3-9H,2,10H2,1H3,(H,20,21,22). The molecule has 0 aliphatic heterocycles. The Morgan fingerprint density at radius 1 is 1.25 bits per heavy atom. The lowest BCUT2D eigenvalue weighted by Gasteiger charge is -2.10. The molecule has 1 N–H and O–H groups in total. The van der Waals surface area contributed by atoms with Gasteiger partial charge in [-0.2, -0.15) is 13.2 Å². The van der Waals surface area contributed by atoms with Gasteiger partial charge in [0.1, 0.15) is 12.3 Å². The number of carbonyl (C=O) groups excluding carboxylic acids is 1. The monoisotopic (exact) mass is 340 g/mol. The van der Waals surface area contributed by atoms with Gasteiger partial charge < -0.3 is 9.15 Å². The molecule has 0 fully saturated rings. The van der Waals surface area contributed by atoms with Gasteiger partial charge >= 0.3 is 6.18 Å². The van der Waals surface area contributed by atoms with Crippen molar-refractivity contribution in [2.45, 2.75) is 19.6 Å². The third-order valence-electron chi connectivity index (χ3n) is 2.93. The van der Waals surface area contributed by atoms with Gasteiger partial charge in [-0.05, 0) is 43.3 Å². The smallest absolute Gasteiger partial charge is 0.416 e. The quantitative estimate of drug-likeness (QED) is 0.683. The van der Waals surface area contributed by atoms with E-state index in [1.807, 2.05) is 0 Å². The molecular formula is C16H15F3N2O3. The molecule has 0 saturated carbocycles. The number of furan rings is 1. The Morgan fingerprint density at radius 3 is 2.50 bits per heavy atom. The maximum absolute atomic E-state index is 12.5. The zero-order valence-electron chi connectivity index (χ0n) is 12.8. The van der Waals surface area contributed by atoms with Gasteiger partial charge in [-0.15, -0.1) is 0 Å². The lowest BCUT2D eigenvalue weighted by Crippen LogP contribution is -2.32. The summed E-state index contributed by atoms with van der Waals surface area (Å²) in [4.78, 5) is 16.1. The van der Waals surface area contributed by atoms with E-state index in [1.54, 1.807) is 19.1 Å². The number of alkyl halides is 3. The second kappa shape index (κ2) is 7.67. The first-order valence-corrected chi connectivity index (χ1v) is 7.08. The average molecular weight is 340 g/mol. The van der Waals surface area contributed by atoms with Crippen molar-refractivity contribution in [3.8, 4) is 0 Å². The van der Waals surface area contributed by atoms with Crippen molar-refractivity contribution in [1.82, 2.24) is 5.32 Å². The molecule has 0 radical (unpaired) electrons. The number of carbonyl (C=O) groups is 1. The molecule has 0 spiro atoms. The van der Waals surface area contributed by atoms with Crippen molar-refractivity contribution in [3.05, 3.63) is 59.5 Å². The number of halogens is 3. The minimum absolute atomic E-state index is 0.0289. The van der Waals surface area contributed by atoms with Gasteiger partial charge in [-0.3, -0.25) is 10.1 Å². The molecule has 1 heterocycles. The molecule has 0 aliphatic rings. The summed E-state index contributed by atoms with van der Waals surface area (Å²) in [6, 6.07) is 7.25. The Kier molecular flexibility index (Phi) is 5.62. The van der Waals surface area contributed by atoms with Gasteiger partial charge in [0.25, 0.3) is 11.9 Å². The summed E-state index contributed by atoms with van der Waals surface area (Å²) < 4.78 is 47.9. The van der Waals surface area contributed by atoms with Crippen LogP contribution in [0.1, 0.15) is 28.6 Å². The molecule has 2 rings (SSSR count). The number of rotatable bonds is 4. The molecule has 2 aromatic rings. The number of amidine groups is 1. The van der Waals surface area contributed by atoms with Crippen molar-refractivity contribution in [2.24, 2.45) is 4.99 Å². The fourth-order valence-electron chi connectivity index (χ4n) is 1.79. The zero-order chi connectivity index (χ0) is 17.6. The molecule has 8 heteroatoms. The van der Waals surface area contributed by atoms with Crippen molar-refractivity contribution in [2.75, 3.05) is 6.61 Å². The summed E-state index contributed by atoms with van der Waals surface area (Å²) in [5.74, 6) is -0.0358. The maximum atomic E-state index is 12.5. The molecule has 5 nitrogen and oxygen atoms in total. The molecule has 0 atom stereocenters. The summed E-state index contributed by atoms with van der Waals surface area (Å²) in [6.07, 6.45) is -2.96. The van der Waals surface area contributed by atoms with Crippen molar-refractivity contribution >= 4 is 11.9 Å². The third-order valence-corrected chi connectivity index (χ3v) is 2.93. The van der Waals surface area contributed by atoms with E-state index >= 15 is 0 Å². The largest absolute Gasteiger partial charge is 0.467 e. The van der Waals surface area contributed by atoms with E-state index < -0.39 is 17.6 Å². The van der Waals surface area contributed by atoms with Crippen LogP contribution in [0.25, 0.3) is 0 Å². The molecule has 1 amide bonds. The van der Waals surface area contributed by atoms with Crippen LogP contribution >= 0.6 is 0 Å². The van der Waals surface area contributed by atoms with Crippen LogP contribution in [0.3, 0.4) is 0 Å². The molecule has 1 aromatic carbocycles. The van der Waals surface area contributed by atoms with Crippen molar-refractivity contribution in [3.63, 3.8) is 0 Å². The van der Waals surface area contributed by atoms with E-state index in [-0.39, 0.29) is 24.7 Å². The second-order valence-corrected chi connectivity index (χ2v) is 4.66. The highest BCUT2D eigenvalue weighted by Crippen LogP contribution is 2.29. The van der Waals surface area contributed by atoms with Crippen LogP contribution < -0.4 is 5.32 Å². The lowest BCUT2D eigenvalue weighted by atomic mass is 10.1. The first-order chi connectivity index (χ1) is 11.4. The Bertz CT molecular complexity index is 692. The average Bonchev–Trinajstić information content (AvgIpc) is 3.05. The Labute approximate surface area is 136 Å². The highest BCUT2D eigenvalue weighted by Gasteiger charge is 2.30. The van der Waals surface area contributed by atoms with Gasteiger partial charge in [0.2, 0.25) is 0 Å². The molecule has 0 unspecified atom stereocenters. The molecular weight excluding hydrogens is 325 g/mol. The topological polar surface area (TPSA) is 63.8 Å². The molecule has 0 aliphatic carbocycles. The summed E-state index contributed by atoms with van der Waals surface area (Å²) in [5, 5.41) is 2.42. The Hall–Kier alpha value is -2.77. The van der Waals surface area contributed by atoms with E-state index in [4.69, 9.17) is 9.15 Å². The molecule has 24 heavy (non-hydrogen) atoms. The van der Waals surface area contributed by atoms with Gasteiger partial charge in [0.05, 0.1) is 18.4 Å². The van der Waals surface area contributed by atoms with Crippen LogP contribution in [0.15, 0.2) is 52.1 Å². The number of nitrogens with zero attached hydrogens (tertiary/aromatic N) is 1. The number of amides is 1. The SMILES string of the molecule is CCOC(=NCc1ccco1)NC(=O)c1ccc(C(F)(F)F)cc1. The summed E-state index contributed by atoms with van der Waals surface area (Å²) in [6.45, 7) is 2.15. The van der Waals surface area contributed by atoms with Crippen LogP contribution in [0.2, 0.25) is 0 Å². The van der Waals surface area contributed by atoms with Crippen LogP contribution in [-0.2, 0) is 17.5 Å². The van der Waals surface area contributed by atoms with E-state index in [0.29, 0.717) is 5.76 Å². The third kappa shape index (κ3) is 4.87. The Balaban J connectivity index is 2.05. The van der Waals surface area contributed by atoms with E-state index in [9.17, 15) is 18.0 Å². The minimum Gasteiger partial charge on any atom is -0.467 e. The number of benzene rings is 1. The first kappa shape index (κ1) is 17.6. The van der Waals surface area contributed by atoms with Crippen molar-refractivity contribution < 1.29 is 27.1 Å². The van der Waals surface area contributed by atoms with E-state index in [2.05, 4.69) is 10.3 Å². The second-order valence-electron chi connectivity index (χ2n) is 4.66. The predicted molar refractivity (Wildman–Crippen MR) is 80.4 cm³/mol. The number of hydrogen-bond donors (Lipinski definition) is 1. The molecule has 128 valence electrons. The highest BCUT2D eigenvalue weighted by molar-refractivity contribution is 6.04. The van der Waals surface area contributed by atoms with E-state index in [1.165, 1.54) is 6.26 Å². The van der Waals surface area contributed by atoms with Gasteiger partial charge in [-0.1, -0.05) is 0 Å². The number of nitrogens with one attached hydrogen (secondary N) is 1. The minimum atomic E-state index is -4.45. The van der Waals surface area contributed by atoms with Crippen LogP contribution in [0, 0.1) is 0 Å². The number of aliphatic imine (C=N–C) groups is 1. The lowest BCUT2D eigenvalue weighted by molar-refractivity contribution is -0.137. The highest BCUT2D eigenvalue weighted by atomic mass is 19.4. The van der Waals surface area contributed by atoms with Crippen molar-refractivity contribution in [1.29, 1.82) is 0 Å².